The minimum Gasteiger partial charge on any atom is -0.461 e. The first-order valence-corrected chi connectivity index (χ1v) is 10.7. The summed E-state index contributed by atoms with van der Waals surface area (Å²) in [4.78, 5) is 13.7. The molecule has 0 N–H and O–H groups in total. The minimum absolute atomic E-state index is 0. The summed E-state index contributed by atoms with van der Waals surface area (Å²) in [6, 6.07) is 15.6. The van der Waals surface area contributed by atoms with E-state index in [2.05, 4.69) is 47.4 Å². The third-order valence-electron chi connectivity index (χ3n) is 6.23. The maximum Gasteiger partial charge on any atom is 0.302 e. The van der Waals surface area contributed by atoms with Gasteiger partial charge in [0, 0.05) is 26.1 Å². The fourth-order valence-corrected chi connectivity index (χ4v) is 4.91. The van der Waals surface area contributed by atoms with Gasteiger partial charge < -0.3 is 9.47 Å². The largest absolute Gasteiger partial charge is 0.461 e. The molecule has 1 saturated carbocycles. The summed E-state index contributed by atoms with van der Waals surface area (Å²) in [5, 5.41) is 2.63. The zero-order valence-corrected chi connectivity index (χ0v) is 18.0. The van der Waals surface area contributed by atoms with Gasteiger partial charge in [-0.1, -0.05) is 55.3 Å². The first-order chi connectivity index (χ1) is 13.7. The van der Waals surface area contributed by atoms with Crippen molar-refractivity contribution in [3.05, 3.63) is 48.0 Å². The van der Waals surface area contributed by atoms with E-state index in [1.807, 2.05) is 0 Å². The highest BCUT2D eigenvalue weighted by Crippen LogP contribution is 2.29. The summed E-state index contributed by atoms with van der Waals surface area (Å²) < 4.78 is 11.9. The van der Waals surface area contributed by atoms with Gasteiger partial charge in [0.05, 0.1) is 12.7 Å². The third-order valence-corrected chi connectivity index (χ3v) is 6.23. The fraction of sp³-hybridized carbons (Fsp3) is 0.542. The summed E-state index contributed by atoms with van der Waals surface area (Å²) in [5.41, 5.74) is 1.36. The van der Waals surface area contributed by atoms with Crippen molar-refractivity contribution in [2.75, 3.05) is 19.7 Å². The fourth-order valence-electron chi connectivity index (χ4n) is 4.91. The van der Waals surface area contributed by atoms with Crippen molar-refractivity contribution in [3.8, 4) is 0 Å². The van der Waals surface area contributed by atoms with E-state index in [4.69, 9.17) is 9.47 Å². The Bertz CT molecular complexity index is 806. The van der Waals surface area contributed by atoms with E-state index in [1.54, 1.807) is 0 Å². The second kappa shape index (κ2) is 10.4. The molecule has 4 nitrogen and oxygen atoms in total. The van der Waals surface area contributed by atoms with E-state index in [1.165, 1.54) is 42.5 Å². The van der Waals surface area contributed by atoms with Crippen LogP contribution in [0.15, 0.2) is 42.5 Å². The van der Waals surface area contributed by atoms with Crippen LogP contribution < -0.4 is 0 Å². The molecule has 158 valence electrons. The summed E-state index contributed by atoms with van der Waals surface area (Å²) >= 11 is 0. The highest BCUT2D eigenvalue weighted by atomic mass is 35.5. The minimum atomic E-state index is -0.168. The Labute approximate surface area is 180 Å². The molecule has 1 aliphatic carbocycles. The Kier molecular flexibility index (Phi) is 7.93. The van der Waals surface area contributed by atoms with Crippen LogP contribution in [0, 0.1) is 0 Å². The molecule has 3 atom stereocenters. The van der Waals surface area contributed by atoms with Crippen molar-refractivity contribution >= 4 is 29.1 Å². The van der Waals surface area contributed by atoms with Gasteiger partial charge in [0.25, 0.3) is 0 Å². The lowest BCUT2D eigenvalue weighted by molar-refractivity contribution is -0.145. The van der Waals surface area contributed by atoms with Crippen LogP contribution in [0.1, 0.15) is 44.6 Å². The first kappa shape index (κ1) is 22.1. The van der Waals surface area contributed by atoms with Crippen molar-refractivity contribution in [2.24, 2.45) is 0 Å². The lowest BCUT2D eigenvalue weighted by Gasteiger charge is -2.37. The zero-order valence-electron chi connectivity index (χ0n) is 17.2. The highest BCUT2D eigenvalue weighted by Gasteiger charge is 2.36. The number of rotatable bonds is 6. The van der Waals surface area contributed by atoms with Crippen molar-refractivity contribution in [2.45, 2.75) is 63.7 Å². The molecule has 2 aromatic carbocycles. The number of esters is 1. The molecule has 1 aliphatic heterocycles. The third kappa shape index (κ3) is 5.50. The van der Waals surface area contributed by atoms with Crippen molar-refractivity contribution < 1.29 is 14.3 Å². The standard InChI is InChI=1S/C24H31NO3.ClH/c1-18(26)28-21-13-15-25(17-21)23-11-4-5-12-24(23)27-16-14-20-9-6-8-19-7-2-3-10-22(19)20;/h2-3,6-10,21,23-24H,4-5,11-17H2,1H3;1H/t21?,23-,24-;/m1./s1. The number of carbonyl (C=O) groups is 1. The molecule has 4 rings (SSSR count). The van der Waals surface area contributed by atoms with E-state index in [0.29, 0.717) is 12.1 Å². The number of carbonyl (C=O) groups excluding carboxylic acids is 1. The van der Waals surface area contributed by atoms with Crippen LogP contribution in [0.2, 0.25) is 0 Å². The molecule has 2 aromatic rings. The maximum atomic E-state index is 11.3. The SMILES string of the molecule is CC(=O)OC1CCN([C@@H]2CCCC[C@H]2OCCc2cccc3ccccc23)C1.Cl. The van der Waals surface area contributed by atoms with Crippen LogP contribution in [0.5, 0.6) is 0 Å². The zero-order chi connectivity index (χ0) is 19.3. The predicted molar refractivity (Wildman–Crippen MR) is 119 cm³/mol. The van der Waals surface area contributed by atoms with E-state index in [0.717, 1.165) is 39.0 Å². The average molecular weight is 418 g/mol. The second-order valence-corrected chi connectivity index (χ2v) is 8.16. The molecule has 2 aliphatic rings. The average Bonchev–Trinajstić information content (AvgIpc) is 3.16. The van der Waals surface area contributed by atoms with E-state index in [9.17, 15) is 4.79 Å². The summed E-state index contributed by atoms with van der Waals surface area (Å²) in [7, 11) is 0. The summed E-state index contributed by atoms with van der Waals surface area (Å²) in [5.74, 6) is -0.168. The van der Waals surface area contributed by atoms with Gasteiger partial charge in [-0.05, 0) is 42.0 Å². The molecule has 0 aromatic heterocycles. The van der Waals surface area contributed by atoms with E-state index < -0.39 is 0 Å². The number of nitrogens with zero attached hydrogens (tertiary/aromatic N) is 1. The molecule has 0 radical (unpaired) electrons. The van der Waals surface area contributed by atoms with Gasteiger partial charge in [0.2, 0.25) is 0 Å². The Balaban J connectivity index is 0.00000240. The van der Waals surface area contributed by atoms with Gasteiger partial charge in [-0.15, -0.1) is 12.4 Å². The van der Waals surface area contributed by atoms with Crippen LogP contribution in [0.25, 0.3) is 10.8 Å². The molecule has 1 heterocycles. The topological polar surface area (TPSA) is 38.8 Å². The molecule has 0 bridgehead atoms. The van der Waals surface area contributed by atoms with Crippen LogP contribution in [0.4, 0.5) is 0 Å². The van der Waals surface area contributed by atoms with Gasteiger partial charge in [-0.25, -0.2) is 0 Å². The monoisotopic (exact) mass is 417 g/mol. The Hall–Kier alpha value is -1.62. The molecule has 29 heavy (non-hydrogen) atoms. The van der Waals surface area contributed by atoms with Crippen LogP contribution in [-0.2, 0) is 20.7 Å². The normalized spacial score (nSPS) is 24.9. The van der Waals surface area contributed by atoms with Crippen molar-refractivity contribution in [1.82, 2.24) is 4.90 Å². The van der Waals surface area contributed by atoms with Crippen molar-refractivity contribution in [3.63, 3.8) is 0 Å². The summed E-state index contributed by atoms with van der Waals surface area (Å²) in [6.07, 6.45) is 7.06. The number of likely N-dealkylation sites (tertiary alicyclic amines) is 1. The number of hydrogen-bond donors (Lipinski definition) is 0. The molecular formula is C24H32ClNO3. The second-order valence-electron chi connectivity index (χ2n) is 8.16. The van der Waals surface area contributed by atoms with Crippen LogP contribution in [-0.4, -0.2) is 48.8 Å². The molecular weight excluding hydrogens is 386 g/mol. The quantitative estimate of drug-likeness (QED) is 0.634. The number of benzene rings is 2. The smallest absolute Gasteiger partial charge is 0.302 e. The molecule has 0 spiro atoms. The summed E-state index contributed by atoms with van der Waals surface area (Å²) in [6.45, 7) is 4.12. The van der Waals surface area contributed by atoms with Gasteiger partial charge in [0.15, 0.2) is 0 Å². The molecule has 1 unspecified atom stereocenters. The highest BCUT2D eigenvalue weighted by molar-refractivity contribution is 5.86. The molecule has 0 amide bonds. The number of fused-ring (bicyclic) bond motifs is 1. The van der Waals surface area contributed by atoms with Gasteiger partial charge >= 0.3 is 5.97 Å². The molecule has 2 fully saturated rings. The molecule has 1 saturated heterocycles. The lowest BCUT2D eigenvalue weighted by Crippen LogP contribution is -2.46. The Morgan fingerprint density at radius 1 is 1.07 bits per heavy atom. The Morgan fingerprint density at radius 2 is 1.86 bits per heavy atom. The van der Waals surface area contributed by atoms with E-state index in [-0.39, 0.29) is 24.5 Å². The number of halogens is 1. The van der Waals surface area contributed by atoms with Gasteiger partial charge in [-0.3, -0.25) is 9.69 Å². The number of ether oxygens (including phenoxy) is 2. The van der Waals surface area contributed by atoms with Gasteiger partial charge in [-0.2, -0.15) is 0 Å². The van der Waals surface area contributed by atoms with Gasteiger partial charge in [0.1, 0.15) is 6.10 Å². The van der Waals surface area contributed by atoms with Crippen LogP contribution >= 0.6 is 12.4 Å². The van der Waals surface area contributed by atoms with Crippen molar-refractivity contribution in [1.29, 1.82) is 0 Å². The number of hydrogen-bond acceptors (Lipinski definition) is 4. The van der Waals surface area contributed by atoms with E-state index >= 15 is 0 Å². The predicted octanol–water partition coefficient (Wildman–Crippen LogP) is 4.77. The molecule has 5 heteroatoms. The maximum absolute atomic E-state index is 11.3. The van der Waals surface area contributed by atoms with Crippen LogP contribution in [0.3, 0.4) is 0 Å². The first-order valence-electron chi connectivity index (χ1n) is 10.7. The Morgan fingerprint density at radius 3 is 2.72 bits per heavy atom. The lowest BCUT2D eigenvalue weighted by atomic mass is 9.91.